The minimum absolute atomic E-state index is 0.0514. The largest absolute Gasteiger partial charge is 0.382 e. The summed E-state index contributed by atoms with van der Waals surface area (Å²) in [4.78, 5) is 26.4. The molecule has 0 spiro atoms. The molecule has 0 unspecified atom stereocenters. The molecule has 2 N–H and O–H groups in total. The first-order chi connectivity index (χ1) is 17.1. The molecule has 0 amide bonds. The normalized spacial score (nSPS) is 20.7. The molecule has 0 bridgehead atoms. The van der Waals surface area contributed by atoms with Crippen molar-refractivity contribution in [2.45, 2.75) is 31.7 Å². The number of Topliss-reactive ketones (excluding diaryl/α,β-unsaturated/α-hetero) is 1. The number of hydrogen-bond acceptors (Lipinski definition) is 9. The van der Waals surface area contributed by atoms with Crippen LogP contribution in [0.25, 0.3) is 11.3 Å². The number of rotatable bonds is 12. The van der Waals surface area contributed by atoms with Crippen molar-refractivity contribution in [2.24, 2.45) is 11.8 Å². The van der Waals surface area contributed by atoms with E-state index in [4.69, 9.17) is 30.8 Å². The van der Waals surface area contributed by atoms with Gasteiger partial charge in [-0.3, -0.25) is 14.8 Å². The van der Waals surface area contributed by atoms with E-state index in [0.29, 0.717) is 54.5 Å². The molecule has 0 aliphatic carbocycles. The monoisotopic (exact) mass is 503 g/mol. The molecule has 2 aromatic heterocycles. The maximum atomic E-state index is 12.9. The summed E-state index contributed by atoms with van der Waals surface area (Å²) >= 11 is 6.45. The van der Waals surface area contributed by atoms with Crippen molar-refractivity contribution >= 4 is 23.2 Å². The molecular weight excluding hydrogens is 470 g/mol. The molecule has 10 heteroatoms. The molecule has 9 nitrogen and oxygen atoms in total. The van der Waals surface area contributed by atoms with Crippen LogP contribution in [0.2, 0.25) is 5.02 Å². The maximum Gasteiger partial charge on any atom is 0.145 e. The number of halogens is 1. The van der Waals surface area contributed by atoms with Gasteiger partial charge in [-0.15, -0.1) is 0 Å². The standard InChI is InChI=1S/C25H34ClN5O4/c1-33-6-7-35-16-20-8-18(12-28-20)24(32)10-19-9-21(22(26)13-29-19)23-14-27-15-25(31-23)30-11-17-2-4-34-5-3-17/h9,13-15,17-18,20,28H,2-8,10-12,16H2,1H3,(H,30,31)/t18-,20+/m1/s1. The number of methoxy groups -OCH3 is 1. The lowest BCUT2D eigenvalue weighted by Gasteiger charge is -2.22. The Kier molecular flexibility index (Phi) is 9.79. The molecule has 2 saturated heterocycles. The van der Waals surface area contributed by atoms with E-state index in [1.165, 1.54) is 0 Å². The summed E-state index contributed by atoms with van der Waals surface area (Å²) in [5.41, 5.74) is 2.05. The Morgan fingerprint density at radius 1 is 1.26 bits per heavy atom. The molecule has 2 aromatic rings. The van der Waals surface area contributed by atoms with Gasteiger partial charge in [0.15, 0.2) is 0 Å². The van der Waals surface area contributed by atoms with Crippen molar-refractivity contribution in [3.05, 3.63) is 35.4 Å². The van der Waals surface area contributed by atoms with Gasteiger partial charge in [-0.05, 0) is 31.2 Å². The average molecular weight is 504 g/mol. The van der Waals surface area contributed by atoms with Gasteiger partial charge in [0, 0.05) is 69.2 Å². The van der Waals surface area contributed by atoms with Crippen LogP contribution in [0.3, 0.4) is 0 Å². The van der Waals surface area contributed by atoms with Crippen LogP contribution in [0.5, 0.6) is 0 Å². The highest BCUT2D eigenvalue weighted by molar-refractivity contribution is 6.33. The Bertz CT molecular complexity index is 973. The summed E-state index contributed by atoms with van der Waals surface area (Å²) in [5.74, 6) is 1.38. The fourth-order valence-corrected chi connectivity index (χ4v) is 4.64. The van der Waals surface area contributed by atoms with Crippen LogP contribution in [0.1, 0.15) is 25.0 Å². The summed E-state index contributed by atoms with van der Waals surface area (Å²) in [6.07, 6.45) is 8.09. The molecular formula is C25H34ClN5O4. The van der Waals surface area contributed by atoms with Crippen LogP contribution in [-0.4, -0.2) is 80.0 Å². The number of carbonyl (C=O) groups excluding carboxylic acids is 1. The van der Waals surface area contributed by atoms with Crippen LogP contribution < -0.4 is 10.6 Å². The fourth-order valence-electron chi connectivity index (χ4n) is 4.44. The van der Waals surface area contributed by atoms with Gasteiger partial charge in [-0.2, -0.15) is 0 Å². The number of carbonyl (C=O) groups is 1. The van der Waals surface area contributed by atoms with Gasteiger partial charge >= 0.3 is 0 Å². The summed E-state index contributed by atoms with van der Waals surface area (Å²) < 4.78 is 16.0. The minimum atomic E-state index is -0.0514. The smallest absolute Gasteiger partial charge is 0.145 e. The van der Waals surface area contributed by atoms with E-state index in [0.717, 1.165) is 44.6 Å². The van der Waals surface area contributed by atoms with Crippen LogP contribution in [-0.2, 0) is 25.4 Å². The second-order valence-electron chi connectivity index (χ2n) is 9.13. The summed E-state index contributed by atoms with van der Waals surface area (Å²) in [5, 5.41) is 7.24. The lowest BCUT2D eigenvalue weighted by molar-refractivity contribution is -0.121. The summed E-state index contributed by atoms with van der Waals surface area (Å²) in [6.45, 7) is 4.81. The molecule has 2 atom stereocenters. The highest BCUT2D eigenvalue weighted by Gasteiger charge is 2.29. The second-order valence-corrected chi connectivity index (χ2v) is 9.54. The van der Waals surface area contributed by atoms with Gasteiger partial charge in [0.25, 0.3) is 0 Å². The maximum absolute atomic E-state index is 12.9. The zero-order valence-electron chi connectivity index (χ0n) is 20.2. The fraction of sp³-hybridized carbons (Fsp3) is 0.600. The molecule has 2 aliphatic heterocycles. The number of ketones is 1. The van der Waals surface area contributed by atoms with Gasteiger partial charge in [-0.1, -0.05) is 11.6 Å². The molecule has 4 heterocycles. The van der Waals surface area contributed by atoms with E-state index in [-0.39, 0.29) is 24.2 Å². The minimum Gasteiger partial charge on any atom is -0.382 e. The van der Waals surface area contributed by atoms with E-state index >= 15 is 0 Å². The molecule has 35 heavy (non-hydrogen) atoms. The van der Waals surface area contributed by atoms with E-state index in [1.54, 1.807) is 25.7 Å². The van der Waals surface area contributed by atoms with Gasteiger partial charge < -0.3 is 24.8 Å². The van der Waals surface area contributed by atoms with Gasteiger partial charge in [0.2, 0.25) is 0 Å². The van der Waals surface area contributed by atoms with Gasteiger partial charge in [0.05, 0.1) is 42.9 Å². The number of anilines is 1. The van der Waals surface area contributed by atoms with Crippen molar-refractivity contribution in [2.75, 3.05) is 58.6 Å². The first-order valence-corrected chi connectivity index (χ1v) is 12.6. The van der Waals surface area contributed by atoms with Crippen LogP contribution in [0.4, 0.5) is 5.82 Å². The number of pyridine rings is 1. The number of nitrogens with one attached hydrogen (secondary N) is 2. The van der Waals surface area contributed by atoms with E-state index in [1.807, 2.05) is 6.07 Å². The topological polar surface area (TPSA) is 107 Å². The molecule has 190 valence electrons. The van der Waals surface area contributed by atoms with Gasteiger partial charge in [-0.25, -0.2) is 4.98 Å². The van der Waals surface area contributed by atoms with Crippen molar-refractivity contribution < 1.29 is 19.0 Å². The van der Waals surface area contributed by atoms with Crippen molar-refractivity contribution in [3.8, 4) is 11.3 Å². The third kappa shape index (κ3) is 7.65. The Hall–Kier alpha value is -2.17. The zero-order chi connectivity index (χ0) is 24.5. The Balaban J connectivity index is 1.34. The number of hydrogen-bond donors (Lipinski definition) is 2. The number of aromatic nitrogens is 3. The molecule has 4 rings (SSSR count). The van der Waals surface area contributed by atoms with Crippen molar-refractivity contribution in [3.63, 3.8) is 0 Å². The zero-order valence-corrected chi connectivity index (χ0v) is 20.9. The van der Waals surface area contributed by atoms with Gasteiger partial charge in [0.1, 0.15) is 11.6 Å². The predicted molar refractivity (Wildman–Crippen MR) is 134 cm³/mol. The lowest BCUT2D eigenvalue weighted by atomic mass is 9.96. The average Bonchev–Trinajstić information content (AvgIpc) is 3.37. The van der Waals surface area contributed by atoms with Crippen molar-refractivity contribution in [1.82, 2.24) is 20.3 Å². The highest BCUT2D eigenvalue weighted by Crippen LogP contribution is 2.28. The first-order valence-electron chi connectivity index (χ1n) is 12.2. The molecule has 0 aromatic carbocycles. The highest BCUT2D eigenvalue weighted by atomic mass is 35.5. The Morgan fingerprint density at radius 2 is 2.11 bits per heavy atom. The van der Waals surface area contributed by atoms with E-state index in [9.17, 15) is 4.79 Å². The van der Waals surface area contributed by atoms with Crippen molar-refractivity contribution in [1.29, 1.82) is 0 Å². The van der Waals surface area contributed by atoms with Crippen LogP contribution in [0.15, 0.2) is 24.7 Å². The second kappa shape index (κ2) is 13.2. The first kappa shape index (κ1) is 25.9. The Labute approximate surface area is 211 Å². The lowest BCUT2D eigenvalue weighted by Crippen LogP contribution is -2.27. The van der Waals surface area contributed by atoms with Crippen LogP contribution >= 0.6 is 11.6 Å². The molecule has 2 aliphatic rings. The van der Waals surface area contributed by atoms with E-state index < -0.39 is 0 Å². The van der Waals surface area contributed by atoms with Crippen LogP contribution in [0, 0.1) is 11.8 Å². The molecule has 0 radical (unpaired) electrons. The predicted octanol–water partition coefficient (Wildman–Crippen LogP) is 2.78. The number of ether oxygens (including phenoxy) is 3. The summed E-state index contributed by atoms with van der Waals surface area (Å²) in [6, 6.07) is 2.03. The Morgan fingerprint density at radius 3 is 2.94 bits per heavy atom. The molecule has 2 fully saturated rings. The van der Waals surface area contributed by atoms with E-state index in [2.05, 4.69) is 20.6 Å². The quantitative estimate of drug-likeness (QED) is 0.423. The SMILES string of the molecule is COCCOC[C@@H]1C[C@@H](C(=O)Cc2cc(-c3cncc(NCC4CCOCC4)n3)c(Cl)cn2)CN1. The third-order valence-electron chi connectivity index (χ3n) is 6.52. The molecule has 0 saturated carbocycles. The summed E-state index contributed by atoms with van der Waals surface area (Å²) in [7, 11) is 1.65. The number of nitrogens with zero attached hydrogens (tertiary/aromatic N) is 3. The third-order valence-corrected chi connectivity index (χ3v) is 6.82.